The van der Waals surface area contributed by atoms with E-state index in [1.807, 2.05) is 26.2 Å². The Morgan fingerprint density at radius 2 is 0.920 bits per heavy atom. The highest BCUT2D eigenvalue weighted by Crippen LogP contribution is 2.12. The summed E-state index contributed by atoms with van der Waals surface area (Å²) < 4.78 is 10.8. The number of nitrogens with zero attached hydrogens (tertiary/aromatic N) is 2. The van der Waals surface area contributed by atoms with Gasteiger partial charge in [-0.2, -0.15) is 11.8 Å². The van der Waals surface area contributed by atoms with E-state index < -0.39 is 0 Å². The van der Waals surface area contributed by atoms with Crippen molar-refractivity contribution in [2.24, 2.45) is 0 Å². The molecular weight excluding hydrogens is 645 g/mol. The smallest absolute Gasteiger partial charge is 0.306 e. The highest BCUT2D eigenvalue weighted by atomic mass is 32.2. The van der Waals surface area contributed by atoms with Crippen molar-refractivity contribution in [2.75, 3.05) is 58.4 Å². The molecule has 0 aliphatic rings. The highest BCUT2D eigenvalue weighted by Gasteiger charge is 2.15. The summed E-state index contributed by atoms with van der Waals surface area (Å²) >= 11 is 1.62. The number of amides is 1. The van der Waals surface area contributed by atoms with E-state index in [9.17, 15) is 14.4 Å². The van der Waals surface area contributed by atoms with Crippen LogP contribution >= 0.6 is 11.8 Å². The number of carbonyl (C=O) groups is 3. The van der Waals surface area contributed by atoms with Crippen LogP contribution in [0.15, 0.2) is 24.3 Å². The molecule has 292 valence electrons. The number of allylic oxidation sites excluding steroid dienone is 2. The van der Waals surface area contributed by atoms with E-state index in [4.69, 9.17) is 9.47 Å². The third kappa shape index (κ3) is 36.0. The van der Waals surface area contributed by atoms with Crippen molar-refractivity contribution in [2.45, 2.75) is 168 Å². The summed E-state index contributed by atoms with van der Waals surface area (Å²) in [5, 5.41) is 0. The van der Waals surface area contributed by atoms with Gasteiger partial charge in [0.2, 0.25) is 5.91 Å². The van der Waals surface area contributed by atoms with Crippen LogP contribution < -0.4 is 0 Å². The van der Waals surface area contributed by atoms with E-state index in [1.54, 1.807) is 16.7 Å². The summed E-state index contributed by atoms with van der Waals surface area (Å²) in [5.41, 5.74) is 0. The van der Waals surface area contributed by atoms with Crippen molar-refractivity contribution >= 4 is 29.6 Å². The standard InChI is InChI=1S/C42H78N2O5S/c1-5-7-9-11-13-15-17-19-21-23-25-27-36-48-41(46)31-29-33-44(40(45)39-50-38-35-43(3)4)34-30-32-42(47)49-37-28-26-24-22-20-18-16-14-12-10-8-6-2/h25-28H,5-24,29-39H2,1-4H3/b27-25-,28-26-. The van der Waals surface area contributed by atoms with E-state index in [2.05, 4.69) is 30.9 Å². The number of hydrogen-bond donors (Lipinski definition) is 0. The lowest BCUT2D eigenvalue weighted by Gasteiger charge is -2.22. The molecular formula is C42H78N2O5S. The van der Waals surface area contributed by atoms with E-state index in [0.29, 0.717) is 44.9 Å². The molecule has 50 heavy (non-hydrogen) atoms. The molecule has 0 aliphatic heterocycles. The Morgan fingerprint density at radius 1 is 0.520 bits per heavy atom. The first kappa shape index (κ1) is 48.2. The third-order valence-corrected chi connectivity index (χ3v) is 9.76. The second-order valence-corrected chi connectivity index (χ2v) is 15.1. The Morgan fingerprint density at radius 3 is 1.32 bits per heavy atom. The minimum Gasteiger partial charge on any atom is -0.461 e. The Kier molecular flexibility index (Phi) is 37.0. The van der Waals surface area contributed by atoms with Crippen LogP contribution in [0.5, 0.6) is 0 Å². The number of ether oxygens (including phenoxy) is 2. The SMILES string of the molecule is CCCCCCCCCCC/C=C\COC(=O)CCCN(CCCC(=O)OC/C=C\CCCCCCCCCCC)C(=O)CSCCN(C)C. The molecule has 0 bridgehead atoms. The van der Waals surface area contributed by atoms with Gasteiger partial charge in [-0.25, -0.2) is 0 Å². The lowest BCUT2D eigenvalue weighted by atomic mass is 10.1. The van der Waals surface area contributed by atoms with Crippen molar-refractivity contribution in [3.05, 3.63) is 24.3 Å². The maximum Gasteiger partial charge on any atom is 0.306 e. The molecule has 0 spiro atoms. The molecule has 0 N–H and O–H groups in total. The number of unbranched alkanes of at least 4 members (excludes halogenated alkanes) is 18. The van der Waals surface area contributed by atoms with Crippen molar-refractivity contribution in [3.8, 4) is 0 Å². The lowest BCUT2D eigenvalue weighted by molar-refractivity contribution is -0.143. The number of rotatable bonds is 37. The summed E-state index contributed by atoms with van der Waals surface area (Å²) in [4.78, 5) is 41.5. The zero-order valence-corrected chi connectivity index (χ0v) is 33.9. The van der Waals surface area contributed by atoms with Crippen LogP contribution in [0.25, 0.3) is 0 Å². The average molecular weight is 723 g/mol. The molecule has 0 saturated heterocycles. The molecule has 0 saturated carbocycles. The first-order valence-corrected chi connectivity index (χ1v) is 21.7. The Balaban J connectivity index is 4.21. The fourth-order valence-corrected chi connectivity index (χ4v) is 6.63. The van der Waals surface area contributed by atoms with Gasteiger partial charge in [0.1, 0.15) is 13.2 Å². The van der Waals surface area contributed by atoms with Crippen LogP contribution in [0.4, 0.5) is 0 Å². The van der Waals surface area contributed by atoms with Gasteiger partial charge in [-0.05, 0) is 52.6 Å². The van der Waals surface area contributed by atoms with Gasteiger partial charge in [0.15, 0.2) is 0 Å². The van der Waals surface area contributed by atoms with Gasteiger partial charge in [-0.15, -0.1) is 0 Å². The predicted molar refractivity (Wildman–Crippen MR) is 215 cm³/mol. The number of esters is 2. The molecule has 7 nitrogen and oxygen atoms in total. The monoisotopic (exact) mass is 723 g/mol. The van der Waals surface area contributed by atoms with Gasteiger partial charge in [0.05, 0.1) is 5.75 Å². The molecule has 1 amide bonds. The maximum atomic E-state index is 13.0. The molecule has 8 heteroatoms. The van der Waals surface area contributed by atoms with Crippen LogP contribution in [-0.2, 0) is 23.9 Å². The molecule has 0 rings (SSSR count). The first-order valence-electron chi connectivity index (χ1n) is 20.5. The first-order chi connectivity index (χ1) is 24.4. The largest absolute Gasteiger partial charge is 0.461 e. The fourth-order valence-electron chi connectivity index (χ4n) is 5.63. The van der Waals surface area contributed by atoms with Gasteiger partial charge >= 0.3 is 11.9 Å². The molecule has 0 aromatic heterocycles. The topological polar surface area (TPSA) is 76.1 Å². The molecule has 0 aromatic rings. The third-order valence-electron chi connectivity index (χ3n) is 8.84. The van der Waals surface area contributed by atoms with E-state index in [0.717, 1.165) is 25.1 Å². The molecule has 0 atom stereocenters. The Hall–Kier alpha value is -1.80. The van der Waals surface area contributed by atoms with Crippen LogP contribution in [0.2, 0.25) is 0 Å². The molecule has 0 radical (unpaired) electrons. The van der Waals surface area contributed by atoms with E-state index >= 15 is 0 Å². The van der Waals surface area contributed by atoms with Crippen LogP contribution in [-0.4, -0.2) is 86.1 Å². The number of carbonyl (C=O) groups excluding carboxylic acids is 3. The maximum absolute atomic E-state index is 13.0. The summed E-state index contributed by atoms with van der Waals surface area (Å²) in [7, 11) is 4.04. The van der Waals surface area contributed by atoms with Crippen LogP contribution in [0.3, 0.4) is 0 Å². The van der Waals surface area contributed by atoms with Crippen molar-refractivity contribution in [1.29, 1.82) is 0 Å². The minimum absolute atomic E-state index is 0.0503. The summed E-state index contributed by atoms with van der Waals surface area (Å²) in [6.45, 7) is 6.99. The lowest BCUT2D eigenvalue weighted by Crippen LogP contribution is -2.35. The quantitative estimate of drug-likeness (QED) is 0.0359. The number of thioether (sulfide) groups is 1. The number of hydrogen-bond acceptors (Lipinski definition) is 7. The van der Waals surface area contributed by atoms with E-state index in [1.165, 1.54) is 116 Å². The van der Waals surface area contributed by atoms with Gasteiger partial charge in [-0.1, -0.05) is 141 Å². The van der Waals surface area contributed by atoms with Crippen LogP contribution in [0.1, 0.15) is 168 Å². The Labute approximate surface area is 313 Å². The zero-order chi connectivity index (χ0) is 36.8. The van der Waals surface area contributed by atoms with Gasteiger partial charge in [-0.3, -0.25) is 14.4 Å². The molecule has 0 fully saturated rings. The van der Waals surface area contributed by atoms with Gasteiger partial charge < -0.3 is 19.3 Å². The summed E-state index contributed by atoms with van der Waals surface area (Å²) in [6, 6.07) is 0. The molecule has 0 heterocycles. The second kappa shape index (κ2) is 38.4. The molecule has 0 unspecified atom stereocenters. The molecule has 0 aliphatic carbocycles. The van der Waals surface area contributed by atoms with Crippen LogP contribution in [0, 0.1) is 0 Å². The average Bonchev–Trinajstić information content (AvgIpc) is 3.09. The van der Waals surface area contributed by atoms with E-state index in [-0.39, 0.29) is 30.7 Å². The van der Waals surface area contributed by atoms with Crippen molar-refractivity contribution < 1.29 is 23.9 Å². The summed E-state index contributed by atoms with van der Waals surface area (Å²) in [5.74, 6) is 0.856. The van der Waals surface area contributed by atoms with Crippen molar-refractivity contribution in [1.82, 2.24) is 9.80 Å². The van der Waals surface area contributed by atoms with Gasteiger partial charge in [0.25, 0.3) is 0 Å². The fraction of sp³-hybridized carbons (Fsp3) is 0.833. The zero-order valence-electron chi connectivity index (χ0n) is 33.1. The molecule has 0 aromatic carbocycles. The predicted octanol–water partition coefficient (Wildman–Crippen LogP) is 10.7. The van der Waals surface area contributed by atoms with Crippen molar-refractivity contribution in [3.63, 3.8) is 0 Å². The minimum atomic E-state index is -0.236. The highest BCUT2D eigenvalue weighted by molar-refractivity contribution is 7.99. The van der Waals surface area contributed by atoms with Gasteiger partial charge in [0, 0.05) is 38.2 Å². The normalized spacial score (nSPS) is 11.6. The second-order valence-electron chi connectivity index (χ2n) is 14.0. The summed E-state index contributed by atoms with van der Waals surface area (Å²) in [6.07, 6.45) is 35.6. The Bertz CT molecular complexity index is 794.